The Morgan fingerprint density at radius 1 is 1.21 bits per heavy atom. The number of carbonyl (C=O) groups is 1. The van der Waals surface area contributed by atoms with E-state index < -0.39 is 0 Å². The lowest BCUT2D eigenvalue weighted by Crippen LogP contribution is -2.31. The lowest BCUT2D eigenvalue weighted by Gasteiger charge is -2.21. The molecular weight excluding hydrogens is 322 g/mol. The van der Waals surface area contributed by atoms with E-state index in [-0.39, 0.29) is 11.9 Å². The van der Waals surface area contributed by atoms with Crippen LogP contribution in [0.1, 0.15) is 35.1 Å². The molecule has 1 atom stereocenters. The first-order chi connectivity index (χ1) is 9.08. The molecule has 1 aromatic heterocycles. The fraction of sp³-hybridized carbons (Fsp3) is 0.267. The van der Waals surface area contributed by atoms with Crippen LogP contribution in [0.15, 0.2) is 46.3 Å². The van der Waals surface area contributed by atoms with Crippen molar-refractivity contribution in [3.8, 4) is 0 Å². The van der Waals surface area contributed by atoms with Crippen LogP contribution < -0.4 is 5.32 Å². The molecule has 1 aromatic carbocycles. The fourth-order valence-electron chi connectivity index (χ4n) is 1.86. The van der Waals surface area contributed by atoms with Crippen molar-refractivity contribution in [1.82, 2.24) is 5.32 Å². The number of hydrogen-bond donors (Lipinski definition) is 1. The third-order valence-electron chi connectivity index (χ3n) is 2.91. The molecule has 19 heavy (non-hydrogen) atoms. The van der Waals surface area contributed by atoms with Crippen LogP contribution in [0.5, 0.6) is 0 Å². The summed E-state index contributed by atoms with van der Waals surface area (Å²) in [5.74, 6) is 0.331. The van der Waals surface area contributed by atoms with Crippen LogP contribution in [-0.4, -0.2) is 5.91 Å². The number of rotatable bonds is 4. The quantitative estimate of drug-likeness (QED) is 0.865. The number of carbonyl (C=O) groups excluding carboxylic acids is 1. The zero-order valence-electron chi connectivity index (χ0n) is 10.9. The number of amides is 1. The van der Waals surface area contributed by atoms with Crippen molar-refractivity contribution in [3.63, 3.8) is 0 Å². The van der Waals surface area contributed by atoms with Gasteiger partial charge in [-0.25, -0.2) is 0 Å². The van der Waals surface area contributed by atoms with Gasteiger partial charge < -0.3 is 5.32 Å². The van der Waals surface area contributed by atoms with Crippen LogP contribution in [0.3, 0.4) is 0 Å². The second-order valence-corrected chi connectivity index (χ2v) is 6.61. The predicted octanol–water partition coefficient (Wildman–Crippen LogP) is 4.64. The maximum absolute atomic E-state index is 12.2. The van der Waals surface area contributed by atoms with E-state index in [9.17, 15) is 4.79 Å². The molecule has 0 unspecified atom stereocenters. The molecule has 1 amide bonds. The smallest absolute Gasteiger partial charge is 0.251 e. The minimum atomic E-state index is -0.0281. The fourth-order valence-corrected chi connectivity index (χ4v) is 3.07. The summed E-state index contributed by atoms with van der Waals surface area (Å²) in [6.45, 7) is 4.23. The zero-order chi connectivity index (χ0) is 13.8. The van der Waals surface area contributed by atoms with Crippen LogP contribution in [0.25, 0.3) is 0 Å². The molecule has 0 saturated carbocycles. The van der Waals surface area contributed by atoms with Crippen LogP contribution in [0, 0.1) is 5.92 Å². The van der Waals surface area contributed by atoms with Crippen molar-refractivity contribution in [2.75, 3.05) is 0 Å². The van der Waals surface area contributed by atoms with Gasteiger partial charge in [0.1, 0.15) is 0 Å². The summed E-state index contributed by atoms with van der Waals surface area (Å²) in [6.07, 6.45) is 0. The molecule has 0 fully saturated rings. The van der Waals surface area contributed by atoms with Gasteiger partial charge in [0.2, 0.25) is 0 Å². The molecule has 0 aliphatic heterocycles. The third-order valence-corrected chi connectivity index (χ3v) is 4.39. The molecule has 2 aromatic rings. The van der Waals surface area contributed by atoms with Gasteiger partial charge in [-0.2, -0.15) is 0 Å². The van der Waals surface area contributed by atoms with Crippen molar-refractivity contribution >= 4 is 33.2 Å². The molecule has 0 aliphatic rings. The number of benzene rings is 1. The summed E-state index contributed by atoms with van der Waals surface area (Å²) in [6, 6.07) is 11.6. The second kappa shape index (κ2) is 6.35. The second-order valence-electron chi connectivity index (χ2n) is 4.72. The van der Waals surface area contributed by atoms with Gasteiger partial charge in [0.15, 0.2) is 0 Å². The van der Waals surface area contributed by atoms with Crippen molar-refractivity contribution in [1.29, 1.82) is 0 Å². The summed E-state index contributed by atoms with van der Waals surface area (Å²) < 4.78 is 0.975. The number of halogens is 1. The normalized spacial score (nSPS) is 12.4. The number of hydrogen-bond acceptors (Lipinski definition) is 2. The van der Waals surface area contributed by atoms with Crippen LogP contribution in [0.4, 0.5) is 0 Å². The van der Waals surface area contributed by atoms with Gasteiger partial charge in [-0.1, -0.05) is 35.8 Å². The molecule has 0 spiro atoms. The highest BCUT2D eigenvalue weighted by Crippen LogP contribution is 2.26. The lowest BCUT2D eigenvalue weighted by molar-refractivity contribution is 0.0926. The van der Waals surface area contributed by atoms with Crippen LogP contribution in [-0.2, 0) is 0 Å². The van der Waals surface area contributed by atoms with E-state index in [4.69, 9.17) is 0 Å². The van der Waals surface area contributed by atoms with Gasteiger partial charge in [0, 0.05) is 14.9 Å². The van der Waals surface area contributed by atoms with Crippen LogP contribution in [0.2, 0.25) is 0 Å². The van der Waals surface area contributed by atoms with E-state index in [1.165, 1.54) is 4.88 Å². The summed E-state index contributed by atoms with van der Waals surface area (Å²) in [5, 5.41) is 5.15. The SMILES string of the molecule is CC(C)[C@H](NC(=O)c1ccc(Br)cc1)c1cccs1. The Hall–Kier alpha value is -1.13. The molecule has 0 saturated heterocycles. The summed E-state index contributed by atoms with van der Waals surface area (Å²) >= 11 is 5.05. The van der Waals surface area contributed by atoms with E-state index in [1.807, 2.05) is 35.7 Å². The minimum Gasteiger partial charge on any atom is -0.344 e. The van der Waals surface area contributed by atoms with Gasteiger partial charge >= 0.3 is 0 Å². The topological polar surface area (TPSA) is 29.1 Å². The molecule has 1 N–H and O–H groups in total. The first-order valence-electron chi connectivity index (χ1n) is 6.18. The third kappa shape index (κ3) is 3.67. The Labute approximate surface area is 126 Å². The van der Waals surface area contributed by atoms with E-state index in [1.54, 1.807) is 11.3 Å². The molecule has 0 radical (unpaired) electrons. The Kier molecular flexibility index (Phi) is 4.77. The van der Waals surface area contributed by atoms with E-state index in [0.29, 0.717) is 11.5 Å². The number of thiophene rings is 1. The first-order valence-corrected chi connectivity index (χ1v) is 7.85. The molecular formula is C15H16BrNOS. The molecule has 0 aliphatic carbocycles. The Morgan fingerprint density at radius 3 is 2.42 bits per heavy atom. The highest BCUT2D eigenvalue weighted by molar-refractivity contribution is 9.10. The van der Waals surface area contributed by atoms with E-state index >= 15 is 0 Å². The van der Waals surface area contributed by atoms with E-state index in [2.05, 4.69) is 41.2 Å². The molecule has 100 valence electrons. The molecule has 0 bridgehead atoms. The van der Waals surface area contributed by atoms with Crippen molar-refractivity contribution in [3.05, 3.63) is 56.7 Å². The number of nitrogens with one attached hydrogen (secondary N) is 1. The van der Waals surface area contributed by atoms with Crippen molar-refractivity contribution < 1.29 is 4.79 Å². The van der Waals surface area contributed by atoms with Gasteiger partial charge in [-0.15, -0.1) is 11.3 Å². The van der Waals surface area contributed by atoms with Crippen molar-refractivity contribution in [2.24, 2.45) is 5.92 Å². The first kappa shape index (κ1) is 14.3. The summed E-state index contributed by atoms with van der Waals surface area (Å²) in [7, 11) is 0. The van der Waals surface area contributed by atoms with Crippen LogP contribution >= 0.6 is 27.3 Å². The molecule has 2 rings (SSSR count). The van der Waals surface area contributed by atoms with Gasteiger partial charge in [-0.3, -0.25) is 4.79 Å². The maximum Gasteiger partial charge on any atom is 0.251 e. The Bertz CT molecular complexity index is 534. The lowest BCUT2D eigenvalue weighted by atomic mass is 10.0. The highest BCUT2D eigenvalue weighted by atomic mass is 79.9. The van der Waals surface area contributed by atoms with Gasteiger partial charge in [0.05, 0.1) is 6.04 Å². The average Bonchev–Trinajstić information content (AvgIpc) is 2.89. The Balaban J connectivity index is 2.14. The molecule has 4 heteroatoms. The zero-order valence-corrected chi connectivity index (χ0v) is 13.3. The Morgan fingerprint density at radius 2 is 1.89 bits per heavy atom. The predicted molar refractivity (Wildman–Crippen MR) is 83.5 cm³/mol. The molecule has 2 nitrogen and oxygen atoms in total. The standard InChI is InChI=1S/C15H16BrNOS/c1-10(2)14(13-4-3-9-19-13)17-15(18)11-5-7-12(16)8-6-11/h3-10,14H,1-2H3,(H,17,18)/t14-/m0/s1. The van der Waals surface area contributed by atoms with Gasteiger partial charge in [-0.05, 0) is 41.6 Å². The van der Waals surface area contributed by atoms with E-state index in [0.717, 1.165) is 4.47 Å². The summed E-state index contributed by atoms with van der Waals surface area (Å²) in [4.78, 5) is 13.4. The maximum atomic E-state index is 12.2. The largest absolute Gasteiger partial charge is 0.344 e. The van der Waals surface area contributed by atoms with Crippen molar-refractivity contribution in [2.45, 2.75) is 19.9 Å². The minimum absolute atomic E-state index is 0.0281. The molecule has 1 heterocycles. The van der Waals surface area contributed by atoms with Gasteiger partial charge in [0.25, 0.3) is 5.91 Å². The monoisotopic (exact) mass is 337 g/mol. The summed E-state index contributed by atoms with van der Waals surface area (Å²) in [5.41, 5.74) is 0.686. The average molecular weight is 338 g/mol. The highest BCUT2D eigenvalue weighted by Gasteiger charge is 2.19.